The maximum absolute atomic E-state index is 4.74. The lowest BCUT2D eigenvalue weighted by Crippen LogP contribution is -2.32. The van der Waals surface area contributed by atoms with Crippen LogP contribution in [0.5, 0.6) is 0 Å². The molecule has 0 spiro atoms. The molecule has 3 nitrogen and oxygen atoms in total. The van der Waals surface area contributed by atoms with Crippen molar-refractivity contribution < 1.29 is 0 Å². The second kappa shape index (κ2) is 4.84. The molecular formula is C16H27N3. The van der Waals surface area contributed by atoms with E-state index in [0.29, 0.717) is 17.5 Å². The zero-order valence-electron chi connectivity index (χ0n) is 12.6. The summed E-state index contributed by atoms with van der Waals surface area (Å²) < 4.78 is 2.41. The standard InChI is InChI=1S/C16H27N3/c1-12-11-19(13-7-4-5-8-13)15(17-12)18-14-9-6-10-16(14,2)3/h11,13-14H,4-10H2,1-3H3,(H,17,18). The first-order valence-electron chi connectivity index (χ1n) is 7.88. The predicted octanol–water partition coefficient (Wildman–Crippen LogP) is 4.30. The summed E-state index contributed by atoms with van der Waals surface area (Å²) in [6.07, 6.45) is 11.6. The number of nitrogens with one attached hydrogen (secondary N) is 1. The average molecular weight is 261 g/mol. The van der Waals surface area contributed by atoms with Gasteiger partial charge >= 0.3 is 0 Å². The minimum Gasteiger partial charge on any atom is -0.352 e. The summed E-state index contributed by atoms with van der Waals surface area (Å²) in [4.78, 5) is 4.74. The molecule has 1 atom stereocenters. The fourth-order valence-corrected chi connectivity index (χ4v) is 3.83. The van der Waals surface area contributed by atoms with Crippen molar-refractivity contribution >= 4 is 5.95 Å². The Kier molecular flexibility index (Phi) is 3.32. The van der Waals surface area contributed by atoms with Gasteiger partial charge in [-0.05, 0) is 38.0 Å². The Balaban J connectivity index is 1.80. The lowest BCUT2D eigenvalue weighted by atomic mass is 9.87. The number of aryl methyl sites for hydroxylation is 1. The van der Waals surface area contributed by atoms with E-state index in [1.54, 1.807) is 0 Å². The Morgan fingerprint density at radius 3 is 2.58 bits per heavy atom. The summed E-state index contributed by atoms with van der Waals surface area (Å²) in [5, 5.41) is 3.75. The van der Waals surface area contributed by atoms with E-state index in [-0.39, 0.29) is 0 Å². The number of aromatic nitrogens is 2. The molecule has 1 N–H and O–H groups in total. The van der Waals surface area contributed by atoms with E-state index in [2.05, 4.69) is 36.9 Å². The number of hydrogen-bond acceptors (Lipinski definition) is 2. The molecule has 0 bridgehead atoms. The molecule has 0 saturated heterocycles. The van der Waals surface area contributed by atoms with Crippen molar-refractivity contribution in [2.45, 2.75) is 77.8 Å². The molecule has 1 aromatic heterocycles. The highest BCUT2D eigenvalue weighted by atomic mass is 15.2. The second-order valence-electron chi connectivity index (χ2n) is 7.13. The van der Waals surface area contributed by atoms with E-state index in [0.717, 1.165) is 11.6 Å². The maximum Gasteiger partial charge on any atom is 0.203 e. The molecule has 2 aliphatic carbocycles. The number of nitrogens with zero attached hydrogens (tertiary/aromatic N) is 2. The third-order valence-electron chi connectivity index (χ3n) is 5.13. The van der Waals surface area contributed by atoms with Gasteiger partial charge in [0.05, 0.1) is 5.69 Å². The van der Waals surface area contributed by atoms with E-state index < -0.39 is 0 Å². The molecule has 0 aliphatic heterocycles. The summed E-state index contributed by atoms with van der Waals surface area (Å²) in [5.41, 5.74) is 1.55. The number of anilines is 1. The third-order valence-corrected chi connectivity index (χ3v) is 5.13. The van der Waals surface area contributed by atoms with Gasteiger partial charge in [-0.15, -0.1) is 0 Å². The molecule has 19 heavy (non-hydrogen) atoms. The lowest BCUT2D eigenvalue weighted by Gasteiger charge is -2.29. The second-order valence-corrected chi connectivity index (χ2v) is 7.13. The first kappa shape index (κ1) is 13.0. The molecule has 106 valence electrons. The van der Waals surface area contributed by atoms with Crippen molar-refractivity contribution in [3.63, 3.8) is 0 Å². The van der Waals surface area contributed by atoms with Crippen LogP contribution in [-0.2, 0) is 0 Å². The number of hydrogen-bond donors (Lipinski definition) is 1. The van der Waals surface area contributed by atoms with Crippen molar-refractivity contribution in [2.75, 3.05) is 5.32 Å². The molecule has 3 heteroatoms. The fraction of sp³-hybridized carbons (Fsp3) is 0.812. The van der Waals surface area contributed by atoms with E-state index >= 15 is 0 Å². The highest BCUT2D eigenvalue weighted by Gasteiger charge is 2.35. The van der Waals surface area contributed by atoms with Crippen LogP contribution in [0.1, 0.15) is 70.5 Å². The molecular weight excluding hydrogens is 234 g/mol. The summed E-state index contributed by atoms with van der Waals surface area (Å²) >= 11 is 0. The van der Waals surface area contributed by atoms with Gasteiger partial charge in [-0.2, -0.15) is 0 Å². The van der Waals surface area contributed by atoms with E-state index in [4.69, 9.17) is 4.98 Å². The summed E-state index contributed by atoms with van der Waals surface area (Å²) in [6.45, 7) is 6.87. The Morgan fingerprint density at radius 2 is 1.95 bits per heavy atom. The molecule has 1 unspecified atom stereocenters. The van der Waals surface area contributed by atoms with Gasteiger partial charge in [-0.1, -0.05) is 33.1 Å². The molecule has 0 radical (unpaired) electrons. The van der Waals surface area contributed by atoms with Gasteiger partial charge in [0.1, 0.15) is 0 Å². The van der Waals surface area contributed by atoms with Crippen molar-refractivity contribution in [1.82, 2.24) is 9.55 Å². The number of rotatable bonds is 3. The lowest BCUT2D eigenvalue weighted by molar-refractivity contribution is 0.347. The largest absolute Gasteiger partial charge is 0.352 e. The van der Waals surface area contributed by atoms with E-state index in [1.807, 2.05) is 0 Å². The van der Waals surface area contributed by atoms with Gasteiger partial charge in [0, 0.05) is 18.3 Å². The molecule has 3 rings (SSSR count). The molecule has 2 aliphatic rings. The molecule has 2 saturated carbocycles. The average Bonchev–Trinajstić information content (AvgIpc) is 3.01. The van der Waals surface area contributed by atoms with Crippen LogP contribution in [0.3, 0.4) is 0 Å². The highest BCUT2D eigenvalue weighted by Crippen LogP contribution is 2.40. The number of imidazole rings is 1. The smallest absolute Gasteiger partial charge is 0.203 e. The topological polar surface area (TPSA) is 29.9 Å². The van der Waals surface area contributed by atoms with Crippen LogP contribution in [-0.4, -0.2) is 15.6 Å². The van der Waals surface area contributed by atoms with Gasteiger partial charge in [0.25, 0.3) is 0 Å². The highest BCUT2D eigenvalue weighted by molar-refractivity contribution is 5.32. The van der Waals surface area contributed by atoms with E-state index in [9.17, 15) is 0 Å². The maximum atomic E-state index is 4.74. The molecule has 0 amide bonds. The Morgan fingerprint density at radius 1 is 1.21 bits per heavy atom. The first-order valence-corrected chi connectivity index (χ1v) is 7.88. The van der Waals surface area contributed by atoms with Gasteiger partial charge in [-0.3, -0.25) is 0 Å². The van der Waals surface area contributed by atoms with Crippen molar-refractivity contribution in [3.05, 3.63) is 11.9 Å². The summed E-state index contributed by atoms with van der Waals surface area (Å²) in [5.74, 6) is 1.12. The normalized spacial score (nSPS) is 27.0. The van der Waals surface area contributed by atoms with Gasteiger partial charge in [-0.25, -0.2) is 4.98 Å². The predicted molar refractivity (Wildman–Crippen MR) is 79.5 cm³/mol. The van der Waals surface area contributed by atoms with Crippen LogP contribution in [0.25, 0.3) is 0 Å². The van der Waals surface area contributed by atoms with E-state index in [1.165, 1.54) is 44.9 Å². The van der Waals surface area contributed by atoms with Crippen LogP contribution in [0.2, 0.25) is 0 Å². The van der Waals surface area contributed by atoms with Crippen LogP contribution in [0.4, 0.5) is 5.95 Å². The quantitative estimate of drug-likeness (QED) is 0.879. The SMILES string of the molecule is Cc1cn(C2CCCC2)c(NC2CCCC2(C)C)n1. The van der Waals surface area contributed by atoms with Crippen molar-refractivity contribution in [3.8, 4) is 0 Å². The van der Waals surface area contributed by atoms with Crippen LogP contribution >= 0.6 is 0 Å². The summed E-state index contributed by atoms with van der Waals surface area (Å²) in [6, 6.07) is 1.25. The summed E-state index contributed by atoms with van der Waals surface area (Å²) in [7, 11) is 0. The van der Waals surface area contributed by atoms with Gasteiger partial charge in [0.15, 0.2) is 0 Å². The van der Waals surface area contributed by atoms with Crippen LogP contribution in [0, 0.1) is 12.3 Å². The minimum atomic E-state index is 0.403. The third kappa shape index (κ3) is 2.52. The van der Waals surface area contributed by atoms with Crippen LogP contribution < -0.4 is 5.32 Å². The molecule has 2 fully saturated rings. The van der Waals surface area contributed by atoms with Crippen molar-refractivity contribution in [2.24, 2.45) is 5.41 Å². The first-order chi connectivity index (χ1) is 9.06. The molecule has 1 aromatic rings. The van der Waals surface area contributed by atoms with Crippen LogP contribution in [0.15, 0.2) is 6.20 Å². The Hall–Kier alpha value is -0.990. The Labute approximate surface area is 116 Å². The van der Waals surface area contributed by atoms with Gasteiger partial charge in [0.2, 0.25) is 5.95 Å². The van der Waals surface area contributed by atoms with Crippen molar-refractivity contribution in [1.29, 1.82) is 0 Å². The molecule has 1 heterocycles. The minimum absolute atomic E-state index is 0.403. The fourth-order valence-electron chi connectivity index (χ4n) is 3.83. The zero-order chi connectivity index (χ0) is 13.5. The zero-order valence-corrected chi connectivity index (χ0v) is 12.6. The Bertz CT molecular complexity index is 441. The molecule has 0 aromatic carbocycles. The monoisotopic (exact) mass is 261 g/mol. The van der Waals surface area contributed by atoms with Gasteiger partial charge < -0.3 is 9.88 Å².